The molecule has 0 spiro atoms. The van der Waals surface area contributed by atoms with Gasteiger partial charge in [0.1, 0.15) is 0 Å². The van der Waals surface area contributed by atoms with Crippen LogP contribution in [0.2, 0.25) is 0 Å². The maximum atomic E-state index is 2.48. The van der Waals surface area contributed by atoms with Gasteiger partial charge < -0.3 is 0 Å². The molecule has 90 valence electrons. The fourth-order valence-corrected chi connectivity index (χ4v) is 3.21. The first kappa shape index (κ1) is 13.1. The van der Waals surface area contributed by atoms with E-state index in [1.165, 1.54) is 32.1 Å². The molecule has 0 N–H and O–H groups in total. The fourth-order valence-electron chi connectivity index (χ4n) is 3.21. The molecule has 1 saturated carbocycles. The van der Waals surface area contributed by atoms with Gasteiger partial charge in [-0.2, -0.15) is 0 Å². The molecule has 15 heavy (non-hydrogen) atoms. The van der Waals surface area contributed by atoms with Crippen molar-refractivity contribution in [1.29, 1.82) is 0 Å². The highest BCUT2D eigenvalue weighted by atomic mass is 14.4. The molecule has 0 saturated heterocycles. The SMILES string of the molecule is CCC(C)CC(C)CC(C)C1CC(C)C1. The Bertz CT molecular complexity index is 167. The zero-order chi connectivity index (χ0) is 11.4. The summed E-state index contributed by atoms with van der Waals surface area (Å²) in [4.78, 5) is 0. The Balaban J connectivity index is 2.16. The van der Waals surface area contributed by atoms with Crippen LogP contribution in [-0.2, 0) is 0 Å². The predicted octanol–water partition coefficient (Wildman–Crippen LogP) is 5.13. The monoisotopic (exact) mass is 210 g/mol. The third-order valence-electron chi connectivity index (χ3n) is 4.49. The van der Waals surface area contributed by atoms with Crippen LogP contribution in [0.3, 0.4) is 0 Å². The van der Waals surface area contributed by atoms with Gasteiger partial charge in [0.05, 0.1) is 0 Å². The van der Waals surface area contributed by atoms with E-state index in [9.17, 15) is 0 Å². The zero-order valence-corrected chi connectivity index (χ0v) is 11.4. The molecular formula is C15H30. The highest BCUT2D eigenvalue weighted by Gasteiger charge is 2.30. The van der Waals surface area contributed by atoms with Gasteiger partial charge in [-0.25, -0.2) is 0 Å². The molecule has 0 aliphatic heterocycles. The van der Waals surface area contributed by atoms with Crippen LogP contribution in [0, 0.1) is 29.6 Å². The van der Waals surface area contributed by atoms with E-state index < -0.39 is 0 Å². The molecule has 0 aromatic heterocycles. The minimum absolute atomic E-state index is 0.924. The van der Waals surface area contributed by atoms with E-state index in [0.717, 1.165) is 29.6 Å². The largest absolute Gasteiger partial charge is 0.0651 e. The van der Waals surface area contributed by atoms with Crippen molar-refractivity contribution in [3.05, 3.63) is 0 Å². The molecule has 1 aliphatic rings. The van der Waals surface area contributed by atoms with Crippen LogP contribution < -0.4 is 0 Å². The van der Waals surface area contributed by atoms with Gasteiger partial charge in [-0.3, -0.25) is 0 Å². The maximum Gasteiger partial charge on any atom is -0.0383 e. The molecule has 3 unspecified atom stereocenters. The van der Waals surface area contributed by atoms with Crippen molar-refractivity contribution in [2.75, 3.05) is 0 Å². The van der Waals surface area contributed by atoms with Crippen molar-refractivity contribution in [2.45, 2.75) is 66.7 Å². The molecule has 1 aliphatic carbocycles. The summed E-state index contributed by atoms with van der Waals surface area (Å²) in [6.07, 6.45) is 7.23. The molecule has 1 fully saturated rings. The summed E-state index contributed by atoms with van der Waals surface area (Å²) >= 11 is 0. The third kappa shape index (κ3) is 4.17. The maximum absolute atomic E-state index is 2.48. The van der Waals surface area contributed by atoms with Crippen molar-refractivity contribution in [3.8, 4) is 0 Å². The van der Waals surface area contributed by atoms with Crippen LogP contribution in [0.25, 0.3) is 0 Å². The van der Waals surface area contributed by atoms with Gasteiger partial charge in [0.2, 0.25) is 0 Å². The van der Waals surface area contributed by atoms with Gasteiger partial charge in [-0.1, -0.05) is 41.0 Å². The lowest BCUT2D eigenvalue weighted by atomic mass is 9.67. The molecule has 0 amide bonds. The summed E-state index contributed by atoms with van der Waals surface area (Å²) in [5.74, 6) is 4.90. The van der Waals surface area contributed by atoms with Gasteiger partial charge in [0, 0.05) is 0 Å². The van der Waals surface area contributed by atoms with Crippen molar-refractivity contribution in [1.82, 2.24) is 0 Å². The molecule has 0 bridgehead atoms. The van der Waals surface area contributed by atoms with Gasteiger partial charge in [0.25, 0.3) is 0 Å². The normalized spacial score (nSPS) is 31.8. The van der Waals surface area contributed by atoms with Crippen LogP contribution in [0.1, 0.15) is 66.7 Å². The molecule has 0 heterocycles. The average molecular weight is 210 g/mol. The van der Waals surface area contributed by atoms with Crippen LogP contribution in [-0.4, -0.2) is 0 Å². The topological polar surface area (TPSA) is 0 Å². The summed E-state index contributed by atoms with van der Waals surface area (Å²) in [5.41, 5.74) is 0. The van der Waals surface area contributed by atoms with E-state index in [1.54, 1.807) is 0 Å². The van der Waals surface area contributed by atoms with E-state index in [1.807, 2.05) is 0 Å². The predicted molar refractivity (Wildman–Crippen MR) is 68.9 cm³/mol. The summed E-state index contributed by atoms with van der Waals surface area (Å²) in [7, 11) is 0. The van der Waals surface area contributed by atoms with Gasteiger partial charge in [-0.05, 0) is 55.3 Å². The quantitative estimate of drug-likeness (QED) is 0.570. The van der Waals surface area contributed by atoms with Crippen molar-refractivity contribution < 1.29 is 0 Å². The number of hydrogen-bond donors (Lipinski definition) is 0. The smallest absolute Gasteiger partial charge is 0.0383 e. The van der Waals surface area contributed by atoms with Gasteiger partial charge in [0.15, 0.2) is 0 Å². The molecule has 0 aromatic carbocycles. The average Bonchev–Trinajstić information content (AvgIpc) is 2.12. The van der Waals surface area contributed by atoms with Crippen LogP contribution >= 0.6 is 0 Å². The van der Waals surface area contributed by atoms with Gasteiger partial charge >= 0.3 is 0 Å². The minimum atomic E-state index is 0.924. The Morgan fingerprint density at radius 2 is 1.60 bits per heavy atom. The Morgan fingerprint density at radius 3 is 2.07 bits per heavy atom. The lowest BCUT2D eigenvalue weighted by Crippen LogP contribution is -2.28. The molecule has 1 rings (SSSR count). The summed E-state index contributed by atoms with van der Waals surface area (Å²) in [5, 5.41) is 0. The summed E-state index contributed by atoms with van der Waals surface area (Å²) in [6.45, 7) is 12.0. The lowest BCUT2D eigenvalue weighted by Gasteiger charge is -2.38. The zero-order valence-electron chi connectivity index (χ0n) is 11.4. The molecular weight excluding hydrogens is 180 g/mol. The first-order valence-electron chi connectivity index (χ1n) is 7.02. The van der Waals surface area contributed by atoms with Crippen molar-refractivity contribution >= 4 is 0 Å². The molecule has 3 atom stereocenters. The second-order valence-electron chi connectivity index (χ2n) is 6.40. The second kappa shape index (κ2) is 5.92. The van der Waals surface area contributed by atoms with E-state index in [4.69, 9.17) is 0 Å². The summed E-state index contributed by atoms with van der Waals surface area (Å²) < 4.78 is 0. The van der Waals surface area contributed by atoms with E-state index in [0.29, 0.717) is 0 Å². The van der Waals surface area contributed by atoms with Crippen molar-refractivity contribution in [3.63, 3.8) is 0 Å². The molecule has 0 radical (unpaired) electrons. The number of rotatable bonds is 6. The van der Waals surface area contributed by atoms with Crippen LogP contribution in [0.15, 0.2) is 0 Å². The van der Waals surface area contributed by atoms with Crippen LogP contribution in [0.5, 0.6) is 0 Å². The molecule has 0 aromatic rings. The van der Waals surface area contributed by atoms with Gasteiger partial charge in [-0.15, -0.1) is 0 Å². The highest BCUT2D eigenvalue weighted by Crippen LogP contribution is 2.41. The molecule has 0 nitrogen and oxygen atoms in total. The second-order valence-corrected chi connectivity index (χ2v) is 6.40. The first-order chi connectivity index (χ1) is 7.02. The Kier molecular flexibility index (Phi) is 5.15. The Hall–Kier alpha value is 0. The standard InChI is InChI=1S/C15H30/c1-6-11(2)7-12(3)8-14(5)15-9-13(4)10-15/h11-15H,6-10H2,1-5H3. The third-order valence-corrected chi connectivity index (χ3v) is 4.49. The van der Waals surface area contributed by atoms with E-state index in [-0.39, 0.29) is 0 Å². The Labute approximate surface area is 96.8 Å². The highest BCUT2D eigenvalue weighted by molar-refractivity contribution is 4.81. The van der Waals surface area contributed by atoms with Crippen LogP contribution in [0.4, 0.5) is 0 Å². The first-order valence-corrected chi connectivity index (χ1v) is 7.02. The Morgan fingerprint density at radius 1 is 1.00 bits per heavy atom. The van der Waals surface area contributed by atoms with E-state index >= 15 is 0 Å². The minimum Gasteiger partial charge on any atom is -0.0651 e. The molecule has 0 heteroatoms. The number of hydrogen-bond acceptors (Lipinski definition) is 0. The fraction of sp³-hybridized carbons (Fsp3) is 1.00. The van der Waals surface area contributed by atoms with Crippen molar-refractivity contribution in [2.24, 2.45) is 29.6 Å². The lowest BCUT2D eigenvalue weighted by molar-refractivity contribution is 0.126. The van der Waals surface area contributed by atoms with E-state index in [2.05, 4.69) is 34.6 Å². The summed E-state index contributed by atoms with van der Waals surface area (Å²) in [6, 6.07) is 0.